The predicted octanol–water partition coefficient (Wildman–Crippen LogP) is 1.19. The molecule has 2 fully saturated rings. The average Bonchev–Trinajstić information content (AvgIpc) is 3.13. The molecule has 0 saturated carbocycles. The third-order valence-electron chi connectivity index (χ3n) is 5.22. The van der Waals surface area contributed by atoms with Crippen LogP contribution in [0.25, 0.3) is 0 Å². The van der Waals surface area contributed by atoms with Gasteiger partial charge in [-0.15, -0.1) is 0 Å². The molecule has 6 heteroatoms. The number of hydrogen-bond acceptors (Lipinski definition) is 5. The van der Waals surface area contributed by atoms with Gasteiger partial charge in [0.25, 0.3) is 5.91 Å². The van der Waals surface area contributed by atoms with E-state index < -0.39 is 0 Å². The van der Waals surface area contributed by atoms with Gasteiger partial charge in [-0.3, -0.25) is 4.79 Å². The number of fused-ring (bicyclic) bond motifs is 1. The lowest BCUT2D eigenvalue weighted by atomic mass is 9.88. The fraction of sp³-hybridized carbons (Fsp3) is 0.750. The highest BCUT2D eigenvalue weighted by Crippen LogP contribution is 2.34. The van der Waals surface area contributed by atoms with E-state index >= 15 is 0 Å². The van der Waals surface area contributed by atoms with Crippen LogP contribution in [0.5, 0.6) is 0 Å². The smallest absolute Gasteiger partial charge is 0.274 e. The van der Waals surface area contributed by atoms with E-state index in [1.165, 1.54) is 0 Å². The number of rotatable bonds is 2. The SMILES string of the molecule is O=C(N[C@@H]1COC2(CCNCC2)C1)c1noc2c1CCCC2. The van der Waals surface area contributed by atoms with Crippen molar-refractivity contribution in [2.24, 2.45) is 0 Å². The minimum Gasteiger partial charge on any atom is -0.373 e. The van der Waals surface area contributed by atoms with Gasteiger partial charge in [-0.25, -0.2) is 0 Å². The van der Waals surface area contributed by atoms with Gasteiger partial charge in [0.05, 0.1) is 18.2 Å². The molecular formula is C16H23N3O3. The second-order valence-electron chi connectivity index (χ2n) is 6.76. The Morgan fingerprint density at radius 3 is 2.95 bits per heavy atom. The van der Waals surface area contributed by atoms with Crippen molar-refractivity contribution in [3.05, 3.63) is 17.0 Å². The van der Waals surface area contributed by atoms with Crippen molar-refractivity contribution >= 4 is 5.91 Å². The number of nitrogens with one attached hydrogen (secondary N) is 2. The van der Waals surface area contributed by atoms with E-state index in [0.717, 1.165) is 69.4 Å². The summed E-state index contributed by atoms with van der Waals surface area (Å²) < 4.78 is 11.4. The highest BCUT2D eigenvalue weighted by atomic mass is 16.5. The Balaban J connectivity index is 1.41. The lowest BCUT2D eigenvalue weighted by Gasteiger charge is -2.32. The van der Waals surface area contributed by atoms with Gasteiger partial charge in [-0.1, -0.05) is 5.16 Å². The Hall–Kier alpha value is -1.40. The summed E-state index contributed by atoms with van der Waals surface area (Å²) in [5, 5.41) is 10.5. The molecule has 0 radical (unpaired) electrons. The molecule has 1 spiro atoms. The predicted molar refractivity (Wildman–Crippen MR) is 79.8 cm³/mol. The monoisotopic (exact) mass is 305 g/mol. The summed E-state index contributed by atoms with van der Waals surface area (Å²) in [6, 6.07) is 0.0848. The van der Waals surface area contributed by atoms with Crippen LogP contribution in [-0.2, 0) is 17.6 Å². The molecule has 0 aromatic carbocycles. The Morgan fingerprint density at radius 2 is 2.09 bits per heavy atom. The zero-order chi connectivity index (χ0) is 15.0. The fourth-order valence-corrected chi connectivity index (χ4v) is 3.98. The van der Waals surface area contributed by atoms with Crippen molar-refractivity contribution in [3.8, 4) is 0 Å². The van der Waals surface area contributed by atoms with Gasteiger partial charge in [0, 0.05) is 12.0 Å². The number of carbonyl (C=O) groups excluding carboxylic acids is 1. The molecule has 120 valence electrons. The first-order valence-corrected chi connectivity index (χ1v) is 8.39. The first-order valence-electron chi connectivity index (χ1n) is 8.39. The number of piperidine rings is 1. The molecule has 2 N–H and O–H groups in total. The summed E-state index contributed by atoms with van der Waals surface area (Å²) in [6.07, 6.45) is 6.99. The lowest BCUT2D eigenvalue weighted by molar-refractivity contribution is -0.0194. The zero-order valence-electron chi connectivity index (χ0n) is 12.8. The largest absolute Gasteiger partial charge is 0.373 e. The molecule has 1 atom stereocenters. The van der Waals surface area contributed by atoms with Gasteiger partial charge < -0.3 is 19.9 Å². The topological polar surface area (TPSA) is 76.4 Å². The van der Waals surface area contributed by atoms with Crippen molar-refractivity contribution in [3.63, 3.8) is 0 Å². The van der Waals surface area contributed by atoms with E-state index in [4.69, 9.17) is 9.26 Å². The molecule has 1 aliphatic carbocycles. The van der Waals surface area contributed by atoms with Gasteiger partial charge in [-0.05, 0) is 51.6 Å². The molecule has 2 saturated heterocycles. The Kier molecular flexibility index (Phi) is 3.66. The van der Waals surface area contributed by atoms with Crippen LogP contribution in [0.2, 0.25) is 0 Å². The number of aromatic nitrogens is 1. The molecule has 4 rings (SSSR count). The Labute approximate surface area is 129 Å². The summed E-state index contributed by atoms with van der Waals surface area (Å²) in [5.74, 6) is 0.792. The third kappa shape index (κ3) is 2.54. The standard InChI is InChI=1S/C16H23N3O3/c20-15(14-12-3-1-2-4-13(12)22-19-14)18-11-9-16(21-10-11)5-7-17-8-6-16/h11,17H,1-10H2,(H,18,20)/t11-/m0/s1. The molecule has 1 aromatic heterocycles. The van der Waals surface area contributed by atoms with Crippen molar-refractivity contribution < 1.29 is 14.1 Å². The highest BCUT2D eigenvalue weighted by Gasteiger charge is 2.42. The van der Waals surface area contributed by atoms with Crippen LogP contribution in [0, 0.1) is 0 Å². The second kappa shape index (κ2) is 5.66. The van der Waals surface area contributed by atoms with Crippen LogP contribution in [-0.4, -0.2) is 42.4 Å². The van der Waals surface area contributed by atoms with Crippen LogP contribution in [0.3, 0.4) is 0 Å². The van der Waals surface area contributed by atoms with E-state index in [0.29, 0.717) is 12.3 Å². The number of carbonyl (C=O) groups is 1. The Bertz CT molecular complexity index is 563. The summed E-state index contributed by atoms with van der Waals surface area (Å²) in [5.41, 5.74) is 1.46. The number of nitrogens with zero attached hydrogens (tertiary/aromatic N) is 1. The maximum Gasteiger partial charge on any atom is 0.274 e. The van der Waals surface area contributed by atoms with E-state index in [1.807, 2.05) is 0 Å². The highest BCUT2D eigenvalue weighted by molar-refractivity contribution is 5.94. The summed E-state index contributed by atoms with van der Waals surface area (Å²) in [7, 11) is 0. The van der Waals surface area contributed by atoms with Gasteiger partial charge in [0.1, 0.15) is 5.76 Å². The quantitative estimate of drug-likeness (QED) is 0.858. The molecule has 0 unspecified atom stereocenters. The minimum absolute atomic E-state index is 0.0353. The summed E-state index contributed by atoms with van der Waals surface area (Å²) in [4.78, 5) is 12.5. The fourth-order valence-electron chi connectivity index (χ4n) is 3.98. The number of aryl methyl sites for hydroxylation is 1. The van der Waals surface area contributed by atoms with Crippen LogP contribution in [0.15, 0.2) is 4.52 Å². The first kappa shape index (κ1) is 14.2. The van der Waals surface area contributed by atoms with Gasteiger partial charge >= 0.3 is 0 Å². The normalized spacial score (nSPS) is 26.8. The van der Waals surface area contributed by atoms with Crippen molar-refractivity contribution in [2.75, 3.05) is 19.7 Å². The average molecular weight is 305 g/mol. The van der Waals surface area contributed by atoms with E-state index in [9.17, 15) is 4.79 Å². The maximum atomic E-state index is 12.5. The van der Waals surface area contributed by atoms with Crippen molar-refractivity contribution in [1.29, 1.82) is 0 Å². The molecule has 22 heavy (non-hydrogen) atoms. The molecule has 3 heterocycles. The third-order valence-corrected chi connectivity index (χ3v) is 5.22. The number of ether oxygens (including phenoxy) is 1. The second-order valence-corrected chi connectivity index (χ2v) is 6.76. The zero-order valence-corrected chi connectivity index (χ0v) is 12.8. The number of amides is 1. The summed E-state index contributed by atoms with van der Waals surface area (Å²) in [6.45, 7) is 2.60. The van der Waals surface area contributed by atoms with E-state index in [2.05, 4.69) is 15.8 Å². The van der Waals surface area contributed by atoms with Crippen molar-refractivity contribution in [1.82, 2.24) is 15.8 Å². The van der Waals surface area contributed by atoms with Crippen LogP contribution in [0.4, 0.5) is 0 Å². The molecule has 1 amide bonds. The van der Waals surface area contributed by atoms with Gasteiger partial charge in [0.15, 0.2) is 5.69 Å². The Morgan fingerprint density at radius 1 is 1.27 bits per heavy atom. The van der Waals surface area contributed by atoms with Crippen LogP contribution >= 0.6 is 0 Å². The molecule has 3 aliphatic rings. The van der Waals surface area contributed by atoms with E-state index in [-0.39, 0.29) is 17.6 Å². The van der Waals surface area contributed by atoms with Gasteiger partial charge in [-0.2, -0.15) is 0 Å². The lowest BCUT2D eigenvalue weighted by Crippen LogP contribution is -2.43. The maximum absolute atomic E-state index is 12.5. The van der Waals surface area contributed by atoms with Crippen LogP contribution in [0.1, 0.15) is 53.9 Å². The molecule has 0 bridgehead atoms. The number of hydrogen-bond donors (Lipinski definition) is 2. The molecule has 6 nitrogen and oxygen atoms in total. The van der Waals surface area contributed by atoms with Crippen molar-refractivity contribution in [2.45, 2.75) is 56.6 Å². The summed E-state index contributed by atoms with van der Waals surface area (Å²) >= 11 is 0. The molecule has 2 aliphatic heterocycles. The van der Waals surface area contributed by atoms with Crippen LogP contribution < -0.4 is 10.6 Å². The minimum atomic E-state index is -0.105. The molecular weight excluding hydrogens is 282 g/mol. The van der Waals surface area contributed by atoms with E-state index in [1.54, 1.807) is 0 Å². The molecule has 1 aromatic rings. The first-order chi connectivity index (χ1) is 10.8. The van der Waals surface area contributed by atoms with Gasteiger partial charge in [0.2, 0.25) is 0 Å².